The molecule has 1 spiro atoms. The lowest BCUT2D eigenvalue weighted by molar-refractivity contribution is -0.534. The first-order valence-electron chi connectivity index (χ1n) is 11.3. The van der Waals surface area contributed by atoms with Crippen LogP contribution >= 0.6 is 15.9 Å². The lowest BCUT2D eigenvalue weighted by Crippen LogP contribution is -2.54. The molecule has 1 fully saturated rings. The number of likely N-dealkylation sites (tertiary alicyclic amines) is 1. The molecule has 186 valence electrons. The number of hydrogen-bond acceptors (Lipinski definition) is 6. The Bertz CT molecular complexity index is 1370. The number of nitrogens with one attached hydrogen (secondary N) is 1. The molecule has 0 aromatic heterocycles. The van der Waals surface area contributed by atoms with E-state index in [0.29, 0.717) is 38.3 Å². The van der Waals surface area contributed by atoms with Gasteiger partial charge in [-0.25, -0.2) is 4.39 Å². The van der Waals surface area contributed by atoms with Crippen LogP contribution < -0.4 is 14.8 Å². The number of likely N-dealkylation sites (N-methyl/N-ethyl adjacent to an activating group) is 1. The quantitative estimate of drug-likeness (QED) is 0.350. The molecular formula is C26H23BrFN3O5. The fraction of sp³-hybridized carbons (Fsp3) is 0.269. The van der Waals surface area contributed by atoms with Crippen LogP contribution in [0.2, 0.25) is 0 Å². The second-order valence-electron chi connectivity index (χ2n) is 8.94. The van der Waals surface area contributed by atoms with E-state index in [1.165, 1.54) is 19.2 Å². The summed E-state index contributed by atoms with van der Waals surface area (Å²) in [7, 11) is 3.22. The second kappa shape index (κ2) is 9.18. The van der Waals surface area contributed by atoms with Crippen molar-refractivity contribution in [2.75, 3.05) is 26.0 Å². The third-order valence-corrected chi connectivity index (χ3v) is 7.58. The number of nitrogens with zero attached hydrogens (tertiary/aromatic N) is 2. The van der Waals surface area contributed by atoms with Gasteiger partial charge in [0.05, 0.1) is 17.5 Å². The monoisotopic (exact) mass is 555 g/mol. The van der Waals surface area contributed by atoms with Crippen LogP contribution in [0.25, 0.3) is 0 Å². The maximum atomic E-state index is 13.5. The van der Waals surface area contributed by atoms with Gasteiger partial charge in [0, 0.05) is 22.7 Å². The van der Waals surface area contributed by atoms with E-state index in [1.54, 1.807) is 60.5 Å². The molecule has 1 N–H and O–H groups in total. The predicted molar refractivity (Wildman–Crippen MR) is 134 cm³/mol. The van der Waals surface area contributed by atoms with Gasteiger partial charge in [-0.05, 0) is 64.4 Å². The van der Waals surface area contributed by atoms with E-state index in [0.717, 1.165) is 0 Å². The highest BCUT2D eigenvalue weighted by atomic mass is 79.9. The number of para-hydroxylation sites is 1. The molecule has 0 bridgehead atoms. The Balaban J connectivity index is 1.53. The average molecular weight is 556 g/mol. The number of hydrogen-bond donors (Lipinski definition) is 1. The van der Waals surface area contributed by atoms with Crippen LogP contribution in [0, 0.1) is 15.9 Å². The summed E-state index contributed by atoms with van der Waals surface area (Å²) in [4.78, 5) is 27.3. The number of ether oxygens (including phenoxy) is 2. The van der Waals surface area contributed by atoms with Crippen molar-refractivity contribution < 1.29 is 23.6 Å². The van der Waals surface area contributed by atoms with Gasteiger partial charge < -0.3 is 14.8 Å². The molecular weight excluding hydrogens is 533 g/mol. The summed E-state index contributed by atoms with van der Waals surface area (Å²) >= 11 is 3.52. The van der Waals surface area contributed by atoms with E-state index in [-0.39, 0.29) is 23.9 Å². The van der Waals surface area contributed by atoms with Gasteiger partial charge in [0.1, 0.15) is 12.4 Å². The summed E-state index contributed by atoms with van der Waals surface area (Å²) < 4.78 is 25.6. The lowest BCUT2D eigenvalue weighted by Gasteiger charge is -2.30. The first kappa shape index (κ1) is 24.2. The molecule has 0 aliphatic carbocycles. The van der Waals surface area contributed by atoms with Gasteiger partial charge in [0.15, 0.2) is 17.0 Å². The molecule has 3 aromatic carbocycles. The molecule has 10 heteroatoms. The summed E-state index contributed by atoms with van der Waals surface area (Å²) in [6.45, 7) is 0.391. The van der Waals surface area contributed by atoms with E-state index < -0.39 is 23.4 Å². The van der Waals surface area contributed by atoms with E-state index in [4.69, 9.17) is 9.47 Å². The molecule has 2 aliphatic heterocycles. The molecule has 2 heterocycles. The highest BCUT2D eigenvalue weighted by molar-refractivity contribution is 9.10. The Labute approximate surface area is 215 Å². The standard InChI is InChI=1S/C26H23BrFN3O5/c1-30-13-18(24(31(33)34)26(30)19-8-3-4-9-21(19)29-25(26)32)16-11-20(27)23(22(12-16)35-2)36-14-15-6-5-7-17(28)10-15/h3-12,18,24H,13-14H2,1-2H3,(H,29,32)/t18-,24-,26+/m0/s1. The Hall–Kier alpha value is -3.50. The molecule has 0 saturated carbocycles. The number of rotatable bonds is 6. The molecule has 3 atom stereocenters. The summed E-state index contributed by atoms with van der Waals surface area (Å²) in [6.07, 6.45) is 0. The summed E-state index contributed by atoms with van der Waals surface area (Å²) in [5, 5.41) is 15.4. The fourth-order valence-electron chi connectivity index (χ4n) is 5.46. The summed E-state index contributed by atoms with van der Waals surface area (Å²) in [5.41, 5.74) is 1.03. The van der Waals surface area contributed by atoms with E-state index in [1.807, 2.05) is 0 Å². The molecule has 1 amide bonds. The van der Waals surface area contributed by atoms with Crippen LogP contribution in [0.4, 0.5) is 10.1 Å². The summed E-state index contributed by atoms with van der Waals surface area (Å²) in [5.74, 6) is -0.605. The van der Waals surface area contributed by atoms with Gasteiger partial charge in [-0.1, -0.05) is 30.3 Å². The lowest BCUT2D eigenvalue weighted by atomic mass is 9.79. The maximum Gasteiger partial charge on any atom is 0.256 e. The number of carbonyl (C=O) groups excluding carboxylic acids is 1. The number of benzene rings is 3. The van der Waals surface area contributed by atoms with Crippen LogP contribution in [0.5, 0.6) is 11.5 Å². The first-order chi connectivity index (χ1) is 17.3. The van der Waals surface area contributed by atoms with Gasteiger partial charge in [-0.2, -0.15) is 0 Å². The molecule has 0 unspecified atom stereocenters. The average Bonchev–Trinajstić information content (AvgIpc) is 3.32. The van der Waals surface area contributed by atoms with Crippen molar-refractivity contribution in [3.63, 3.8) is 0 Å². The number of nitro groups is 1. The predicted octanol–water partition coefficient (Wildman–Crippen LogP) is 4.70. The fourth-order valence-corrected chi connectivity index (χ4v) is 6.03. The minimum atomic E-state index is -1.43. The number of fused-ring (bicyclic) bond motifs is 2. The number of methoxy groups -OCH3 is 1. The van der Waals surface area contributed by atoms with Crippen molar-refractivity contribution in [3.05, 3.63) is 97.8 Å². The number of halogens is 2. The normalized spacial score (nSPS) is 22.9. The minimum Gasteiger partial charge on any atom is -0.493 e. The number of amides is 1. The first-order valence-corrected chi connectivity index (χ1v) is 12.1. The second-order valence-corrected chi connectivity index (χ2v) is 9.79. The molecule has 5 rings (SSSR count). The molecule has 3 aromatic rings. The van der Waals surface area contributed by atoms with Gasteiger partial charge in [0.2, 0.25) is 0 Å². The van der Waals surface area contributed by atoms with Gasteiger partial charge >= 0.3 is 0 Å². The highest BCUT2D eigenvalue weighted by Crippen LogP contribution is 2.53. The van der Waals surface area contributed by atoms with E-state index >= 15 is 0 Å². The molecule has 2 aliphatic rings. The van der Waals surface area contributed by atoms with E-state index in [9.17, 15) is 19.3 Å². The zero-order valence-corrected chi connectivity index (χ0v) is 21.1. The minimum absolute atomic E-state index is 0.107. The molecule has 1 saturated heterocycles. The Morgan fingerprint density at radius 2 is 2.00 bits per heavy atom. The SMILES string of the molecule is COc1cc([C@@H]2CN(C)[C@@]3(C(=O)Nc4ccccc43)[C@H]2[N+](=O)[O-])cc(Br)c1OCc1cccc(F)c1. The van der Waals surface area contributed by atoms with Crippen molar-refractivity contribution in [1.29, 1.82) is 0 Å². The highest BCUT2D eigenvalue weighted by Gasteiger charge is 2.68. The Morgan fingerprint density at radius 3 is 2.72 bits per heavy atom. The van der Waals surface area contributed by atoms with Crippen molar-refractivity contribution >= 4 is 27.5 Å². The van der Waals surface area contributed by atoms with Gasteiger partial charge in [-0.15, -0.1) is 0 Å². The topological polar surface area (TPSA) is 93.9 Å². The van der Waals surface area contributed by atoms with Crippen molar-refractivity contribution in [2.45, 2.75) is 24.1 Å². The molecule has 8 nitrogen and oxygen atoms in total. The van der Waals surface area contributed by atoms with Crippen molar-refractivity contribution in [3.8, 4) is 11.5 Å². The van der Waals surface area contributed by atoms with Crippen molar-refractivity contribution in [2.24, 2.45) is 0 Å². The zero-order chi connectivity index (χ0) is 25.6. The third-order valence-electron chi connectivity index (χ3n) is 6.99. The van der Waals surface area contributed by atoms with Crippen LogP contribution in [-0.2, 0) is 16.9 Å². The number of carbonyl (C=O) groups is 1. The molecule has 36 heavy (non-hydrogen) atoms. The van der Waals surface area contributed by atoms with Gasteiger partial charge in [0.25, 0.3) is 11.9 Å². The van der Waals surface area contributed by atoms with E-state index in [2.05, 4.69) is 21.2 Å². The number of anilines is 1. The largest absolute Gasteiger partial charge is 0.493 e. The van der Waals surface area contributed by atoms with Crippen LogP contribution in [0.3, 0.4) is 0 Å². The zero-order valence-electron chi connectivity index (χ0n) is 19.5. The summed E-state index contributed by atoms with van der Waals surface area (Å²) in [6, 6.07) is 15.4. The maximum absolute atomic E-state index is 13.5. The van der Waals surface area contributed by atoms with Crippen LogP contribution in [-0.4, -0.2) is 42.5 Å². The van der Waals surface area contributed by atoms with Crippen LogP contribution in [0.15, 0.2) is 65.1 Å². The Morgan fingerprint density at radius 1 is 1.22 bits per heavy atom. The van der Waals surface area contributed by atoms with Crippen molar-refractivity contribution in [1.82, 2.24) is 4.90 Å². The van der Waals surface area contributed by atoms with Gasteiger partial charge in [-0.3, -0.25) is 19.8 Å². The smallest absolute Gasteiger partial charge is 0.256 e. The third kappa shape index (κ3) is 3.72. The Kier molecular flexibility index (Phi) is 6.17. The molecule has 0 radical (unpaired) electrons. The van der Waals surface area contributed by atoms with Crippen LogP contribution in [0.1, 0.15) is 22.6 Å².